The molecule has 1 aromatic carbocycles. The highest BCUT2D eigenvalue weighted by Gasteiger charge is 2.15. The van der Waals surface area contributed by atoms with Crippen LogP contribution in [-0.2, 0) is 6.54 Å². The first kappa shape index (κ1) is 17.4. The molecule has 6 nitrogen and oxygen atoms in total. The van der Waals surface area contributed by atoms with Gasteiger partial charge in [0.25, 0.3) is 0 Å². The van der Waals surface area contributed by atoms with Crippen LogP contribution in [0.15, 0.2) is 30.6 Å². The minimum absolute atomic E-state index is 0.796. The van der Waals surface area contributed by atoms with E-state index in [1.807, 2.05) is 26.2 Å². The van der Waals surface area contributed by atoms with E-state index in [1.54, 1.807) is 0 Å². The van der Waals surface area contributed by atoms with E-state index in [0.717, 1.165) is 58.0 Å². The number of aryl methyl sites for hydroxylation is 2. The van der Waals surface area contributed by atoms with E-state index in [9.17, 15) is 0 Å². The molecule has 4 rings (SSSR count). The highest BCUT2D eigenvalue weighted by Crippen LogP contribution is 2.31. The second-order valence-corrected chi connectivity index (χ2v) is 6.88. The van der Waals surface area contributed by atoms with Gasteiger partial charge in [0.15, 0.2) is 5.82 Å². The SMILES string of the molecule is CCNCc1cncc(-c2ccc3[nH]nc(-c4nc(C)c(C)[nH]4)c3c2)c1C. The molecule has 0 spiro atoms. The van der Waals surface area contributed by atoms with Crippen LogP contribution in [0.3, 0.4) is 0 Å². The zero-order chi connectivity index (χ0) is 19.0. The van der Waals surface area contributed by atoms with Crippen molar-refractivity contribution >= 4 is 10.9 Å². The quantitative estimate of drug-likeness (QED) is 0.501. The number of benzene rings is 1. The molecule has 0 fully saturated rings. The van der Waals surface area contributed by atoms with Crippen molar-refractivity contribution in [2.24, 2.45) is 0 Å². The molecule has 0 aliphatic rings. The lowest BCUT2D eigenvalue weighted by atomic mass is 9.98. The number of imidazole rings is 1. The number of pyridine rings is 1. The number of nitrogens with zero attached hydrogens (tertiary/aromatic N) is 3. The third-order valence-corrected chi connectivity index (χ3v) is 5.11. The molecule has 138 valence electrons. The Labute approximate surface area is 158 Å². The first-order valence-electron chi connectivity index (χ1n) is 9.24. The third kappa shape index (κ3) is 3.13. The fourth-order valence-corrected chi connectivity index (χ4v) is 3.32. The predicted molar refractivity (Wildman–Crippen MR) is 108 cm³/mol. The highest BCUT2D eigenvalue weighted by atomic mass is 15.1. The summed E-state index contributed by atoms with van der Waals surface area (Å²) in [6.07, 6.45) is 3.88. The molecule has 0 bridgehead atoms. The summed E-state index contributed by atoms with van der Waals surface area (Å²) in [7, 11) is 0. The van der Waals surface area contributed by atoms with Crippen LogP contribution in [0.2, 0.25) is 0 Å². The molecule has 3 N–H and O–H groups in total. The molecule has 3 heterocycles. The molecule has 0 aliphatic carbocycles. The van der Waals surface area contributed by atoms with Gasteiger partial charge in [-0.15, -0.1) is 0 Å². The lowest BCUT2D eigenvalue weighted by molar-refractivity contribution is 0.721. The maximum absolute atomic E-state index is 4.61. The Morgan fingerprint density at radius 1 is 1.11 bits per heavy atom. The predicted octanol–water partition coefficient (Wildman–Crippen LogP) is 4.05. The van der Waals surface area contributed by atoms with Gasteiger partial charge in [0.1, 0.15) is 5.69 Å². The van der Waals surface area contributed by atoms with Crippen molar-refractivity contribution in [3.63, 3.8) is 0 Å². The first-order chi connectivity index (χ1) is 13.1. The molecular weight excluding hydrogens is 336 g/mol. The molecule has 0 radical (unpaired) electrons. The van der Waals surface area contributed by atoms with Crippen molar-refractivity contribution in [3.8, 4) is 22.6 Å². The summed E-state index contributed by atoms with van der Waals surface area (Å²) in [5, 5.41) is 12.0. The Balaban J connectivity index is 1.81. The minimum atomic E-state index is 0.796. The molecule has 0 atom stereocenters. The summed E-state index contributed by atoms with van der Waals surface area (Å²) in [5.41, 5.74) is 8.65. The summed E-state index contributed by atoms with van der Waals surface area (Å²) in [4.78, 5) is 12.4. The van der Waals surface area contributed by atoms with Gasteiger partial charge in [-0.3, -0.25) is 10.1 Å². The van der Waals surface area contributed by atoms with Crippen molar-refractivity contribution in [1.82, 2.24) is 30.5 Å². The van der Waals surface area contributed by atoms with E-state index in [-0.39, 0.29) is 0 Å². The van der Waals surface area contributed by atoms with Crippen LogP contribution in [0.1, 0.15) is 29.4 Å². The Morgan fingerprint density at radius 2 is 1.96 bits per heavy atom. The third-order valence-electron chi connectivity index (χ3n) is 5.11. The second-order valence-electron chi connectivity index (χ2n) is 6.88. The fourth-order valence-electron chi connectivity index (χ4n) is 3.32. The molecule has 0 saturated heterocycles. The molecule has 0 amide bonds. The smallest absolute Gasteiger partial charge is 0.159 e. The van der Waals surface area contributed by atoms with Crippen LogP contribution < -0.4 is 5.32 Å². The number of hydrogen-bond acceptors (Lipinski definition) is 4. The van der Waals surface area contributed by atoms with Crippen molar-refractivity contribution in [2.45, 2.75) is 34.2 Å². The number of aromatic nitrogens is 5. The average molecular weight is 360 g/mol. The molecule has 0 unspecified atom stereocenters. The summed E-state index contributed by atoms with van der Waals surface area (Å²) < 4.78 is 0. The van der Waals surface area contributed by atoms with Gasteiger partial charge in [-0.05, 0) is 56.1 Å². The normalized spacial score (nSPS) is 11.4. The minimum Gasteiger partial charge on any atom is -0.340 e. The molecule has 3 aromatic heterocycles. The van der Waals surface area contributed by atoms with Crippen molar-refractivity contribution in [2.75, 3.05) is 6.54 Å². The van der Waals surface area contributed by atoms with Gasteiger partial charge in [-0.1, -0.05) is 13.0 Å². The van der Waals surface area contributed by atoms with Gasteiger partial charge in [-0.2, -0.15) is 5.10 Å². The number of fused-ring (bicyclic) bond motifs is 1. The van der Waals surface area contributed by atoms with E-state index in [2.05, 4.69) is 62.5 Å². The van der Waals surface area contributed by atoms with Crippen molar-refractivity contribution in [3.05, 3.63) is 53.1 Å². The molecule has 4 aromatic rings. The van der Waals surface area contributed by atoms with Crippen LogP contribution in [-0.4, -0.2) is 31.7 Å². The maximum atomic E-state index is 4.61. The van der Waals surface area contributed by atoms with Gasteiger partial charge < -0.3 is 10.3 Å². The van der Waals surface area contributed by atoms with Crippen molar-refractivity contribution in [1.29, 1.82) is 0 Å². The number of rotatable bonds is 5. The summed E-state index contributed by atoms with van der Waals surface area (Å²) in [6.45, 7) is 10.1. The Bertz CT molecular complexity index is 1090. The molecular formula is C21H24N6. The first-order valence-corrected chi connectivity index (χ1v) is 9.24. The fraction of sp³-hybridized carbons (Fsp3) is 0.286. The lowest BCUT2D eigenvalue weighted by Crippen LogP contribution is -2.13. The summed E-state index contributed by atoms with van der Waals surface area (Å²) in [5.74, 6) is 0.796. The maximum Gasteiger partial charge on any atom is 0.159 e. The zero-order valence-electron chi connectivity index (χ0n) is 16.1. The van der Waals surface area contributed by atoms with Crippen molar-refractivity contribution < 1.29 is 0 Å². The second kappa shape index (κ2) is 6.96. The Hall–Kier alpha value is -2.99. The Morgan fingerprint density at radius 3 is 2.70 bits per heavy atom. The topological polar surface area (TPSA) is 82.3 Å². The lowest BCUT2D eigenvalue weighted by Gasteiger charge is -2.11. The van der Waals surface area contributed by atoms with Crippen LogP contribution in [0, 0.1) is 20.8 Å². The van der Waals surface area contributed by atoms with E-state index in [4.69, 9.17) is 0 Å². The summed E-state index contributed by atoms with van der Waals surface area (Å²) in [6, 6.07) is 6.35. The largest absolute Gasteiger partial charge is 0.340 e. The van der Waals surface area contributed by atoms with Crippen LogP contribution in [0.4, 0.5) is 0 Å². The van der Waals surface area contributed by atoms with Crippen LogP contribution in [0.5, 0.6) is 0 Å². The van der Waals surface area contributed by atoms with E-state index >= 15 is 0 Å². The molecule has 27 heavy (non-hydrogen) atoms. The van der Waals surface area contributed by atoms with E-state index < -0.39 is 0 Å². The number of nitrogens with one attached hydrogen (secondary N) is 3. The van der Waals surface area contributed by atoms with Crippen LogP contribution >= 0.6 is 0 Å². The van der Waals surface area contributed by atoms with Gasteiger partial charge in [0.2, 0.25) is 0 Å². The number of H-pyrrole nitrogens is 2. The zero-order valence-corrected chi connectivity index (χ0v) is 16.1. The van der Waals surface area contributed by atoms with Gasteiger partial charge in [0.05, 0.1) is 11.2 Å². The Kier molecular flexibility index (Phi) is 4.49. The van der Waals surface area contributed by atoms with E-state index in [1.165, 1.54) is 11.1 Å². The van der Waals surface area contributed by atoms with Crippen LogP contribution in [0.25, 0.3) is 33.5 Å². The monoisotopic (exact) mass is 360 g/mol. The average Bonchev–Trinajstić information content (AvgIpc) is 3.23. The standard InChI is InChI=1S/C21H24N6/c1-5-22-9-16-10-23-11-18(12(16)2)15-6-7-19-17(8-15)20(27-26-19)21-24-13(3)14(4)25-21/h6-8,10-11,22H,5,9H2,1-4H3,(H,24,25)(H,26,27). The summed E-state index contributed by atoms with van der Waals surface area (Å²) >= 11 is 0. The number of aromatic amines is 2. The van der Waals surface area contributed by atoms with Gasteiger partial charge in [0, 0.05) is 35.6 Å². The van der Waals surface area contributed by atoms with Gasteiger partial charge >= 0.3 is 0 Å². The molecule has 0 aliphatic heterocycles. The number of hydrogen-bond donors (Lipinski definition) is 3. The van der Waals surface area contributed by atoms with E-state index in [0.29, 0.717) is 0 Å². The molecule has 6 heteroatoms. The highest BCUT2D eigenvalue weighted by molar-refractivity contribution is 5.94. The van der Waals surface area contributed by atoms with Gasteiger partial charge in [-0.25, -0.2) is 4.98 Å². The molecule has 0 saturated carbocycles.